The second-order valence-electron chi connectivity index (χ2n) is 5.27. The fourth-order valence-electron chi connectivity index (χ4n) is 2.42. The molecule has 1 N–H and O–H groups in total. The van der Waals surface area contributed by atoms with Crippen LogP contribution in [0.25, 0.3) is 16.2 Å². The van der Waals surface area contributed by atoms with Gasteiger partial charge in [-0.25, -0.2) is 9.53 Å². The molecule has 4 aromatic heterocycles. The Morgan fingerprint density at radius 3 is 2.84 bits per heavy atom. The molecule has 0 spiro atoms. The smallest absolute Gasteiger partial charge is 0.252 e. The Morgan fingerprint density at radius 1 is 1.20 bits per heavy atom. The van der Waals surface area contributed by atoms with Gasteiger partial charge in [0.2, 0.25) is 0 Å². The van der Waals surface area contributed by atoms with Gasteiger partial charge in [0.05, 0.1) is 30.3 Å². The van der Waals surface area contributed by atoms with Gasteiger partial charge in [0.25, 0.3) is 5.69 Å². The van der Waals surface area contributed by atoms with Gasteiger partial charge in [-0.05, 0) is 26.0 Å². The van der Waals surface area contributed by atoms with E-state index >= 15 is 0 Å². The van der Waals surface area contributed by atoms with Gasteiger partial charge in [-0.3, -0.25) is 4.98 Å². The van der Waals surface area contributed by atoms with E-state index in [1.54, 1.807) is 18.5 Å². The molecule has 0 atom stereocenters. The summed E-state index contributed by atoms with van der Waals surface area (Å²) in [5, 5.41) is 21.3. The van der Waals surface area contributed by atoms with Crippen molar-refractivity contribution >= 4 is 22.8 Å². The minimum atomic E-state index is 0.300. The van der Waals surface area contributed by atoms with Crippen LogP contribution >= 0.6 is 0 Å². The van der Waals surface area contributed by atoms with E-state index in [1.807, 2.05) is 19.9 Å². The highest BCUT2D eigenvalue weighted by Gasteiger charge is 2.15. The molecule has 0 radical (unpaired) electrons. The number of azo groups is 1. The summed E-state index contributed by atoms with van der Waals surface area (Å²) in [4.78, 5) is 10.6. The van der Waals surface area contributed by atoms with Crippen LogP contribution in [-0.4, -0.2) is 34.6 Å². The van der Waals surface area contributed by atoms with E-state index in [9.17, 15) is 0 Å². The minimum Gasteiger partial charge on any atom is -0.324 e. The first-order chi connectivity index (χ1) is 12.2. The Balaban J connectivity index is 1.82. The van der Waals surface area contributed by atoms with E-state index < -0.39 is 0 Å². The summed E-state index contributed by atoms with van der Waals surface area (Å²) >= 11 is 0. The number of aromatic nitrogens is 7. The monoisotopic (exact) mass is 332 g/mol. The van der Waals surface area contributed by atoms with Gasteiger partial charge in [0.1, 0.15) is 5.82 Å². The van der Waals surface area contributed by atoms with Crippen LogP contribution in [0.2, 0.25) is 0 Å². The molecule has 10 heteroatoms. The Kier molecular flexibility index (Phi) is 3.32. The molecule has 0 fully saturated rings. The highest BCUT2D eigenvalue weighted by molar-refractivity contribution is 5.67. The van der Waals surface area contributed by atoms with Gasteiger partial charge >= 0.3 is 0 Å². The molecule has 0 saturated carbocycles. The second kappa shape index (κ2) is 5.64. The quantitative estimate of drug-likeness (QED) is 0.459. The number of H-pyrrole nitrogens is 1. The molecule has 122 valence electrons. The zero-order valence-corrected chi connectivity index (χ0v) is 13.4. The summed E-state index contributed by atoms with van der Waals surface area (Å²) in [6.45, 7) is 11.0. The number of pyridine rings is 1. The van der Waals surface area contributed by atoms with Crippen molar-refractivity contribution in [3.63, 3.8) is 0 Å². The fourth-order valence-corrected chi connectivity index (χ4v) is 2.42. The predicted molar refractivity (Wildman–Crippen MR) is 88.6 cm³/mol. The summed E-state index contributed by atoms with van der Waals surface area (Å²) in [7, 11) is 0. The lowest BCUT2D eigenvalue weighted by Crippen LogP contribution is -1.95. The minimum absolute atomic E-state index is 0.300. The van der Waals surface area contributed by atoms with Crippen LogP contribution in [0.5, 0.6) is 0 Å². The molecule has 0 aliphatic rings. The van der Waals surface area contributed by atoms with E-state index in [2.05, 4.69) is 40.3 Å². The number of nitrogens with zero attached hydrogens (tertiary/aromatic N) is 9. The van der Waals surface area contributed by atoms with E-state index in [1.165, 1.54) is 15.5 Å². The molecule has 0 saturated heterocycles. The number of fused-ring (bicyclic) bond motifs is 1. The molecule has 4 aromatic rings. The maximum absolute atomic E-state index is 7.31. The first-order valence-corrected chi connectivity index (χ1v) is 7.37. The van der Waals surface area contributed by atoms with Crippen LogP contribution in [0.15, 0.2) is 41.0 Å². The molecule has 0 bridgehead atoms. The van der Waals surface area contributed by atoms with Gasteiger partial charge in [0, 0.05) is 6.20 Å². The van der Waals surface area contributed by atoms with Crippen LogP contribution in [0.4, 0.5) is 17.2 Å². The zero-order chi connectivity index (χ0) is 17.4. The molecule has 0 aliphatic carbocycles. The SMILES string of the molecule is [C-]#[N+]c1cnn(-c2cccnc2)c1/N=N/c1c(C)nn2nc(C)[nH]c12. The zero-order valence-electron chi connectivity index (χ0n) is 13.4. The lowest BCUT2D eigenvalue weighted by molar-refractivity contribution is 0.793. The average molecular weight is 332 g/mol. The second-order valence-corrected chi connectivity index (χ2v) is 5.27. The number of hydrogen-bond donors (Lipinski definition) is 1. The lowest BCUT2D eigenvalue weighted by Gasteiger charge is -2.02. The van der Waals surface area contributed by atoms with Crippen LogP contribution in [-0.2, 0) is 0 Å². The number of hydrogen-bond acceptors (Lipinski definition) is 6. The Labute approximate surface area is 141 Å². The van der Waals surface area contributed by atoms with Crippen LogP contribution in [0.3, 0.4) is 0 Å². The summed E-state index contributed by atoms with van der Waals surface area (Å²) in [5.74, 6) is 1.05. The van der Waals surface area contributed by atoms with E-state index in [0.717, 1.165) is 5.82 Å². The normalized spacial score (nSPS) is 11.4. The van der Waals surface area contributed by atoms with E-state index in [-0.39, 0.29) is 0 Å². The molecule has 25 heavy (non-hydrogen) atoms. The third-order valence-electron chi connectivity index (χ3n) is 3.54. The van der Waals surface area contributed by atoms with Gasteiger partial charge in [-0.1, -0.05) is 0 Å². The highest BCUT2D eigenvalue weighted by atomic mass is 15.5. The first-order valence-electron chi connectivity index (χ1n) is 7.37. The Morgan fingerprint density at radius 2 is 2.08 bits per heavy atom. The predicted octanol–water partition coefficient (Wildman–Crippen LogP) is 3.22. The lowest BCUT2D eigenvalue weighted by atomic mass is 10.4. The van der Waals surface area contributed by atoms with Gasteiger partial charge in [0.15, 0.2) is 17.2 Å². The molecule has 4 heterocycles. The number of nitrogens with one attached hydrogen (secondary N) is 1. The standard InChI is InChI=1S/C15H12N10/c1-9-13(15-19-10(2)23-25(15)22-9)20-21-14-12(16-3)8-18-24(14)11-5-4-6-17-7-11/h4-8H,1-2H3,(H,19,23)/b21-20+. The third kappa shape index (κ3) is 2.43. The van der Waals surface area contributed by atoms with Gasteiger partial charge in [-0.15, -0.1) is 20.0 Å². The number of aromatic amines is 1. The molecule has 10 nitrogen and oxygen atoms in total. The van der Waals surface area contributed by atoms with Crippen molar-refractivity contribution in [1.82, 2.24) is 34.6 Å². The van der Waals surface area contributed by atoms with Gasteiger partial charge < -0.3 is 4.98 Å². The third-order valence-corrected chi connectivity index (χ3v) is 3.54. The molecular weight excluding hydrogens is 320 g/mol. The molecule has 0 unspecified atom stereocenters. The maximum atomic E-state index is 7.31. The summed E-state index contributed by atoms with van der Waals surface area (Å²) < 4.78 is 3.01. The molecule has 4 rings (SSSR count). The topological polar surface area (TPSA) is 106 Å². The first kappa shape index (κ1) is 14.7. The van der Waals surface area contributed by atoms with Crippen molar-refractivity contribution in [3.8, 4) is 5.69 Å². The maximum Gasteiger partial charge on any atom is 0.252 e. The largest absolute Gasteiger partial charge is 0.324 e. The Bertz CT molecular complexity index is 1120. The van der Waals surface area contributed by atoms with Crippen molar-refractivity contribution < 1.29 is 0 Å². The molecular formula is C15H12N10. The van der Waals surface area contributed by atoms with Crippen molar-refractivity contribution in [2.75, 3.05) is 0 Å². The van der Waals surface area contributed by atoms with Crippen LogP contribution in [0.1, 0.15) is 11.5 Å². The van der Waals surface area contributed by atoms with E-state index in [0.29, 0.717) is 34.2 Å². The number of aryl methyl sites for hydroxylation is 2. The van der Waals surface area contributed by atoms with Crippen molar-refractivity contribution in [2.24, 2.45) is 10.2 Å². The summed E-state index contributed by atoms with van der Waals surface area (Å²) in [5.41, 5.74) is 2.89. The molecule has 0 aromatic carbocycles. The van der Waals surface area contributed by atoms with Crippen molar-refractivity contribution in [1.29, 1.82) is 0 Å². The van der Waals surface area contributed by atoms with Crippen molar-refractivity contribution in [2.45, 2.75) is 13.8 Å². The van der Waals surface area contributed by atoms with Crippen LogP contribution < -0.4 is 0 Å². The molecule has 0 amide bonds. The summed E-state index contributed by atoms with van der Waals surface area (Å²) in [6.07, 6.45) is 4.76. The number of rotatable bonds is 3. The van der Waals surface area contributed by atoms with Crippen molar-refractivity contribution in [3.05, 3.63) is 53.7 Å². The Hall–Kier alpha value is -3.87. The van der Waals surface area contributed by atoms with Crippen LogP contribution in [0, 0.1) is 20.4 Å². The fraction of sp³-hybridized carbons (Fsp3) is 0.133. The molecule has 0 aliphatic heterocycles. The van der Waals surface area contributed by atoms with E-state index in [4.69, 9.17) is 6.57 Å². The highest BCUT2D eigenvalue weighted by Crippen LogP contribution is 2.33. The van der Waals surface area contributed by atoms with Gasteiger partial charge in [-0.2, -0.15) is 10.2 Å². The average Bonchev–Trinajstić information content (AvgIpc) is 3.26. The summed E-state index contributed by atoms with van der Waals surface area (Å²) in [6, 6.07) is 3.61.